The van der Waals surface area contributed by atoms with Crippen molar-refractivity contribution < 1.29 is 10.2 Å². The number of aryl methyl sites for hydroxylation is 1. The summed E-state index contributed by atoms with van der Waals surface area (Å²) in [6, 6.07) is 5.90. The Hall–Kier alpha value is -1.26. The molecule has 0 fully saturated rings. The van der Waals surface area contributed by atoms with Gasteiger partial charge >= 0.3 is 0 Å². The van der Waals surface area contributed by atoms with Crippen molar-refractivity contribution in [3.63, 3.8) is 0 Å². The zero-order valence-electron chi connectivity index (χ0n) is 9.12. The molecule has 0 spiro atoms. The van der Waals surface area contributed by atoms with Crippen LogP contribution in [0.25, 0.3) is 0 Å². The van der Waals surface area contributed by atoms with Crippen molar-refractivity contribution in [3.05, 3.63) is 23.8 Å². The summed E-state index contributed by atoms with van der Waals surface area (Å²) in [6.45, 7) is 2.13. The minimum absolute atomic E-state index is 0.228. The molecule has 0 radical (unpaired) electrons. The monoisotopic (exact) mass is 210 g/mol. The van der Waals surface area contributed by atoms with Crippen LogP contribution in [0, 0.1) is 6.92 Å². The second-order valence-electron chi connectivity index (χ2n) is 3.46. The Labute approximate surface area is 89.9 Å². The highest BCUT2D eigenvalue weighted by molar-refractivity contribution is 5.72. The molecular formula is C11H18N2O2. The number of rotatable bonds is 5. The number of para-hydroxylation sites is 1. The molecule has 1 aromatic rings. The summed E-state index contributed by atoms with van der Waals surface area (Å²) in [4.78, 5) is 0. The Morgan fingerprint density at radius 2 is 2.13 bits per heavy atom. The minimum atomic E-state index is -0.727. The van der Waals surface area contributed by atoms with E-state index in [0.717, 1.165) is 16.9 Å². The minimum Gasteiger partial charge on any atom is -0.394 e. The van der Waals surface area contributed by atoms with Crippen LogP contribution in [0.15, 0.2) is 18.2 Å². The fraction of sp³-hybridized carbons (Fsp3) is 0.455. The number of anilines is 2. The Balaban J connectivity index is 2.72. The SMILES string of the molecule is CNc1c(C)cccc1NCC(O)CO. The lowest BCUT2D eigenvalue weighted by atomic mass is 10.1. The number of benzene rings is 1. The Morgan fingerprint density at radius 1 is 1.40 bits per heavy atom. The van der Waals surface area contributed by atoms with Crippen LogP contribution in [-0.4, -0.2) is 36.5 Å². The number of aliphatic hydroxyl groups excluding tert-OH is 2. The van der Waals surface area contributed by atoms with Crippen LogP contribution in [0.1, 0.15) is 5.56 Å². The predicted molar refractivity (Wildman–Crippen MR) is 62.3 cm³/mol. The van der Waals surface area contributed by atoms with Gasteiger partial charge in [-0.1, -0.05) is 12.1 Å². The van der Waals surface area contributed by atoms with Crippen molar-refractivity contribution in [1.29, 1.82) is 0 Å². The molecule has 0 bridgehead atoms. The maximum absolute atomic E-state index is 9.22. The molecule has 1 aromatic carbocycles. The van der Waals surface area contributed by atoms with E-state index in [4.69, 9.17) is 5.11 Å². The Kier molecular flexibility index (Phi) is 4.39. The molecule has 4 N–H and O–H groups in total. The fourth-order valence-corrected chi connectivity index (χ4v) is 1.44. The van der Waals surface area contributed by atoms with Crippen molar-refractivity contribution in [1.82, 2.24) is 0 Å². The van der Waals surface area contributed by atoms with Gasteiger partial charge in [-0.15, -0.1) is 0 Å². The van der Waals surface area contributed by atoms with Crippen LogP contribution >= 0.6 is 0 Å². The van der Waals surface area contributed by atoms with E-state index < -0.39 is 6.10 Å². The molecule has 15 heavy (non-hydrogen) atoms. The van der Waals surface area contributed by atoms with Crippen molar-refractivity contribution in [2.24, 2.45) is 0 Å². The zero-order valence-corrected chi connectivity index (χ0v) is 9.12. The third kappa shape index (κ3) is 3.11. The van der Waals surface area contributed by atoms with Gasteiger partial charge in [0.05, 0.1) is 24.1 Å². The van der Waals surface area contributed by atoms with Crippen molar-refractivity contribution >= 4 is 11.4 Å². The van der Waals surface area contributed by atoms with Crippen molar-refractivity contribution in [2.75, 3.05) is 30.8 Å². The van der Waals surface area contributed by atoms with E-state index in [9.17, 15) is 5.11 Å². The molecular weight excluding hydrogens is 192 g/mol. The van der Waals surface area contributed by atoms with E-state index in [2.05, 4.69) is 10.6 Å². The highest BCUT2D eigenvalue weighted by Gasteiger charge is 2.05. The molecule has 84 valence electrons. The van der Waals surface area contributed by atoms with Gasteiger partial charge in [0.2, 0.25) is 0 Å². The smallest absolute Gasteiger partial charge is 0.0942 e. The van der Waals surface area contributed by atoms with Crippen LogP contribution in [0.3, 0.4) is 0 Å². The molecule has 0 aliphatic carbocycles. The quantitative estimate of drug-likeness (QED) is 0.580. The second kappa shape index (κ2) is 5.58. The molecule has 0 aliphatic heterocycles. The molecule has 4 heteroatoms. The standard InChI is InChI=1S/C11H18N2O2/c1-8-4-3-5-10(11(8)12-2)13-6-9(15)7-14/h3-5,9,12-15H,6-7H2,1-2H3. The third-order valence-corrected chi connectivity index (χ3v) is 2.26. The maximum Gasteiger partial charge on any atom is 0.0942 e. The summed E-state index contributed by atoms with van der Waals surface area (Å²) >= 11 is 0. The zero-order chi connectivity index (χ0) is 11.3. The van der Waals surface area contributed by atoms with Crippen molar-refractivity contribution in [3.8, 4) is 0 Å². The van der Waals surface area contributed by atoms with Crippen LogP contribution in [0.4, 0.5) is 11.4 Å². The maximum atomic E-state index is 9.22. The lowest BCUT2D eigenvalue weighted by Crippen LogP contribution is -2.23. The number of hydrogen-bond donors (Lipinski definition) is 4. The predicted octanol–water partition coefficient (Wildman–Crippen LogP) is 0.802. The third-order valence-electron chi connectivity index (χ3n) is 2.26. The second-order valence-corrected chi connectivity index (χ2v) is 3.46. The first-order valence-electron chi connectivity index (χ1n) is 4.99. The van der Waals surface area contributed by atoms with Gasteiger partial charge in [0.25, 0.3) is 0 Å². The van der Waals surface area contributed by atoms with Crippen LogP contribution in [0.5, 0.6) is 0 Å². The molecule has 0 aromatic heterocycles. The van der Waals surface area contributed by atoms with Gasteiger partial charge in [-0.3, -0.25) is 0 Å². The van der Waals surface area contributed by atoms with Crippen LogP contribution < -0.4 is 10.6 Å². The molecule has 0 amide bonds. The van der Waals surface area contributed by atoms with E-state index in [1.807, 2.05) is 32.2 Å². The average Bonchev–Trinajstić information content (AvgIpc) is 2.25. The summed E-state index contributed by atoms with van der Waals surface area (Å²) in [7, 11) is 1.86. The average molecular weight is 210 g/mol. The molecule has 1 rings (SSSR count). The molecule has 0 aliphatic rings. The highest BCUT2D eigenvalue weighted by atomic mass is 16.3. The lowest BCUT2D eigenvalue weighted by Gasteiger charge is -2.15. The summed E-state index contributed by atoms with van der Waals surface area (Å²) in [5, 5.41) is 24.1. The molecule has 1 atom stereocenters. The molecule has 4 nitrogen and oxygen atoms in total. The van der Waals surface area contributed by atoms with Crippen molar-refractivity contribution in [2.45, 2.75) is 13.0 Å². The van der Waals surface area contributed by atoms with Gasteiger partial charge in [-0.2, -0.15) is 0 Å². The van der Waals surface area contributed by atoms with Gasteiger partial charge in [0.15, 0.2) is 0 Å². The van der Waals surface area contributed by atoms with Gasteiger partial charge in [-0.25, -0.2) is 0 Å². The first-order chi connectivity index (χ1) is 7.19. The first kappa shape index (κ1) is 11.8. The normalized spacial score (nSPS) is 12.3. The summed E-state index contributed by atoms with van der Waals surface area (Å²) in [6.07, 6.45) is -0.727. The van der Waals surface area contributed by atoms with Crippen LogP contribution in [0.2, 0.25) is 0 Å². The Bertz CT molecular complexity index is 315. The van der Waals surface area contributed by atoms with E-state index in [1.165, 1.54) is 0 Å². The van der Waals surface area contributed by atoms with Gasteiger partial charge in [0.1, 0.15) is 0 Å². The Morgan fingerprint density at radius 3 is 2.73 bits per heavy atom. The number of hydrogen-bond acceptors (Lipinski definition) is 4. The number of nitrogens with one attached hydrogen (secondary N) is 2. The summed E-state index contributed by atoms with van der Waals surface area (Å²) in [5.41, 5.74) is 3.09. The molecule has 0 heterocycles. The topological polar surface area (TPSA) is 64.5 Å². The number of aliphatic hydroxyl groups is 2. The largest absolute Gasteiger partial charge is 0.394 e. The first-order valence-corrected chi connectivity index (χ1v) is 4.99. The highest BCUT2D eigenvalue weighted by Crippen LogP contribution is 2.24. The van der Waals surface area contributed by atoms with E-state index in [0.29, 0.717) is 6.54 Å². The molecule has 0 saturated carbocycles. The van der Waals surface area contributed by atoms with Crippen LogP contribution in [-0.2, 0) is 0 Å². The lowest BCUT2D eigenvalue weighted by molar-refractivity contribution is 0.105. The van der Waals surface area contributed by atoms with E-state index >= 15 is 0 Å². The summed E-state index contributed by atoms with van der Waals surface area (Å²) < 4.78 is 0. The van der Waals surface area contributed by atoms with E-state index in [1.54, 1.807) is 0 Å². The van der Waals surface area contributed by atoms with Gasteiger partial charge in [-0.05, 0) is 18.6 Å². The van der Waals surface area contributed by atoms with Gasteiger partial charge in [0, 0.05) is 13.6 Å². The van der Waals surface area contributed by atoms with E-state index in [-0.39, 0.29) is 6.61 Å². The van der Waals surface area contributed by atoms with Gasteiger partial charge < -0.3 is 20.8 Å². The molecule has 1 unspecified atom stereocenters. The summed E-state index contributed by atoms with van der Waals surface area (Å²) in [5.74, 6) is 0. The fourth-order valence-electron chi connectivity index (χ4n) is 1.44. The molecule has 0 saturated heterocycles.